The Labute approximate surface area is 197 Å². The van der Waals surface area contributed by atoms with Crippen molar-refractivity contribution >= 4 is 43.2 Å². The third kappa shape index (κ3) is 2.89. The second-order valence-corrected chi connectivity index (χ2v) is 8.67. The van der Waals surface area contributed by atoms with Gasteiger partial charge in [0.2, 0.25) is 0 Å². The van der Waals surface area contributed by atoms with Gasteiger partial charge in [0.15, 0.2) is 0 Å². The highest BCUT2D eigenvalue weighted by atomic mass is 14.7. The summed E-state index contributed by atoms with van der Waals surface area (Å²) in [5.74, 6) is 0. The largest absolute Gasteiger partial charge is 0.256 e. The van der Waals surface area contributed by atoms with Crippen LogP contribution in [0.5, 0.6) is 0 Å². The van der Waals surface area contributed by atoms with E-state index in [4.69, 9.17) is 9.97 Å². The van der Waals surface area contributed by atoms with Crippen LogP contribution in [0.3, 0.4) is 0 Å². The van der Waals surface area contributed by atoms with Gasteiger partial charge in [0.1, 0.15) is 0 Å². The van der Waals surface area contributed by atoms with E-state index < -0.39 is 0 Å². The van der Waals surface area contributed by atoms with Crippen LogP contribution in [0.15, 0.2) is 122 Å². The maximum atomic E-state index is 4.91. The summed E-state index contributed by atoms with van der Waals surface area (Å²) in [7, 11) is 0. The van der Waals surface area contributed by atoms with Gasteiger partial charge >= 0.3 is 0 Å². The summed E-state index contributed by atoms with van der Waals surface area (Å²) in [5.41, 5.74) is 5.45. The zero-order chi connectivity index (χ0) is 22.5. The van der Waals surface area contributed by atoms with Gasteiger partial charge in [0.05, 0.1) is 11.2 Å². The summed E-state index contributed by atoms with van der Waals surface area (Å²) in [4.78, 5) is 9.80. The van der Waals surface area contributed by atoms with Crippen LogP contribution in [0.2, 0.25) is 0 Å². The minimum absolute atomic E-state index is 0.970. The second kappa shape index (κ2) is 7.50. The number of pyridine rings is 2. The fourth-order valence-electron chi connectivity index (χ4n) is 5.13. The number of nitrogens with zero attached hydrogens (tertiary/aromatic N) is 2. The molecule has 2 nitrogen and oxygen atoms in total. The van der Waals surface area contributed by atoms with E-state index in [0.29, 0.717) is 0 Å². The molecule has 0 saturated heterocycles. The van der Waals surface area contributed by atoms with Crippen molar-refractivity contribution in [2.24, 2.45) is 0 Å². The van der Waals surface area contributed by atoms with Gasteiger partial charge in [0.25, 0.3) is 0 Å². The molecule has 7 rings (SSSR count). The SMILES string of the molecule is c1ccc2cc(-c3c4ccccc4c(-c4cc5ccccc5cn4)c4cccnc34)ccc2c1. The molecule has 5 aromatic carbocycles. The third-order valence-electron chi connectivity index (χ3n) is 6.70. The zero-order valence-corrected chi connectivity index (χ0v) is 18.4. The van der Waals surface area contributed by atoms with Crippen molar-refractivity contribution in [2.75, 3.05) is 0 Å². The first-order valence-corrected chi connectivity index (χ1v) is 11.5. The van der Waals surface area contributed by atoms with Crippen LogP contribution in [0.25, 0.3) is 65.6 Å². The molecule has 0 fully saturated rings. The number of benzene rings is 5. The van der Waals surface area contributed by atoms with Gasteiger partial charge in [-0.1, -0.05) is 91.0 Å². The Morgan fingerprint density at radius 2 is 1.09 bits per heavy atom. The molecule has 0 radical (unpaired) electrons. The average molecular weight is 433 g/mol. The van der Waals surface area contributed by atoms with Gasteiger partial charge < -0.3 is 0 Å². The Balaban J connectivity index is 1.61. The molecule has 7 aromatic rings. The molecule has 0 saturated carbocycles. The number of aromatic nitrogens is 2. The first kappa shape index (κ1) is 19.0. The summed E-state index contributed by atoms with van der Waals surface area (Å²) in [6.45, 7) is 0. The topological polar surface area (TPSA) is 25.8 Å². The van der Waals surface area contributed by atoms with Crippen LogP contribution in [-0.4, -0.2) is 9.97 Å². The predicted octanol–water partition coefficient (Wildman–Crippen LogP) is 8.42. The lowest BCUT2D eigenvalue weighted by molar-refractivity contribution is 1.36. The number of fused-ring (bicyclic) bond motifs is 4. The van der Waals surface area contributed by atoms with Crippen molar-refractivity contribution in [3.63, 3.8) is 0 Å². The molecule has 34 heavy (non-hydrogen) atoms. The molecule has 158 valence electrons. The van der Waals surface area contributed by atoms with Crippen molar-refractivity contribution in [3.8, 4) is 22.4 Å². The monoisotopic (exact) mass is 432 g/mol. The Morgan fingerprint density at radius 3 is 1.91 bits per heavy atom. The van der Waals surface area contributed by atoms with Crippen LogP contribution in [0, 0.1) is 0 Å². The van der Waals surface area contributed by atoms with Gasteiger partial charge in [-0.15, -0.1) is 0 Å². The lowest BCUT2D eigenvalue weighted by Crippen LogP contribution is -1.94. The zero-order valence-electron chi connectivity index (χ0n) is 18.4. The summed E-state index contributed by atoms with van der Waals surface area (Å²) in [6, 6.07) is 38.6. The number of rotatable bonds is 2. The molecule has 0 aliphatic heterocycles. The maximum absolute atomic E-state index is 4.91. The Morgan fingerprint density at radius 1 is 0.441 bits per heavy atom. The minimum atomic E-state index is 0.970. The molecular formula is C32H20N2. The minimum Gasteiger partial charge on any atom is -0.256 e. The molecule has 2 heterocycles. The molecule has 0 aliphatic carbocycles. The van der Waals surface area contributed by atoms with E-state index in [0.717, 1.165) is 27.5 Å². The lowest BCUT2D eigenvalue weighted by atomic mass is 9.88. The quantitative estimate of drug-likeness (QED) is 0.256. The van der Waals surface area contributed by atoms with E-state index in [1.54, 1.807) is 0 Å². The first-order chi connectivity index (χ1) is 16.9. The van der Waals surface area contributed by atoms with E-state index in [2.05, 4.69) is 103 Å². The van der Waals surface area contributed by atoms with Crippen molar-refractivity contribution < 1.29 is 0 Å². The standard InChI is InChI=1S/C32H20N2/c1-2-9-22-18-24(16-15-21(22)8-1)30-26-12-5-6-13-27(26)31(28-14-7-17-33-32(28)30)29-19-23-10-3-4-11-25(23)20-34-29/h1-20H. The van der Waals surface area contributed by atoms with Crippen LogP contribution in [-0.2, 0) is 0 Å². The third-order valence-corrected chi connectivity index (χ3v) is 6.70. The smallest absolute Gasteiger partial charge is 0.0793 e. The van der Waals surface area contributed by atoms with E-state index in [1.165, 1.54) is 38.1 Å². The van der Waals surface area contributed by atoms with Gasteiger partial charge in [-0.2, -0.15) is 0 Å². The number of hydrogen-bond donors (Lipinski definition) is 0. The highest BCUT2D eigenvalue weighted by molar-refractivity contribution is 6.20. The van der Waals surface area contributed by atoms with E-state index >= 15 is 0 Å². The Kier molecular flexibility index (Phi) is 4.18. The van der Waals surface area contributed by atoms with Crippen LogP contribution < -0.4 is 0 Å². The van der Waals surface area contributed by atoms with Crippen molar-refractivity contribution in [2.45, 2.75) is 0 Å². The van der Waals surface area contributed by atoms with Crippen molar-refractivity contribution in [1.29, 1.82) is 0 Å². The summed E-state index contributed by atoms with van der Waals surface area (Å²) >= 11 is 0. The molecule has 0 unspecified atom stereocenters. The van der Waals surface area contributed by atoms with Crippen molar-refractivity contribution in [3.05, 3.63) is 122 Å². The Hall–Kier alpha value is -4.56. The van der Waals surface area contributed by atoms with Gasteiger partial charge in [-0.3, -0.25) is 9.97 Å². The first-order valence-electron chi connectivity index (χ1n) is 11.5. The Bertz CT molecular complexity index is 1670. The molecular weight excluding hydrogens is 412 g/mol. The van der Waals surface area contributed by atoms with Gasteiger partial charge in [-0.25, -0.2) is 0 Å². The summed E-state index contributed by atoms with van der Waals surface area (Å²) in [5, 5.41) is 8.30. The molecule has 0 spiro atoms. The van der Waals surface area contributed by atoms with Crippen LogP contribution in [0.1, 0.15) is 0 Å². The van der Waals surface area contributed by atoms with Gasteiger partial charge in [0, 0.05) is 34.3 Å². The predicted molar refractivity (Wildman–Crippen MR) is 143 cm³/mol. The van der Waals surface area contributed by atoms with Crippen LogP contribution >= 0.6 is 0 Å². The van der Waals surface area contributed by atoms with Crippen LogP contribution in [0.4, 0.5) is 0 Å². The molecule has 0 aliphatic rings. The molecule has 0 amide bonds. The fraction of sp³-hybridized carbons (Fsp3) is 0. The molecule has 2 heteroatoms. The molecule has 0 atom stereocenters. The van der Waals surface area contributed by atoms with E-state index in [9.17, 15) is 0 Å². The highest BCUT2D eigenvalue weighted by Crippen LogP contribution is 2.43. The normalized spacial score (nSPS) is 11.5. The lowest BCUT2D eigenvalue weighted by Gasteiger charge is -2.17. The van der Waals surface area contributed by atoms with Gasteiger partial charge in [-0.05, 0) is 50.7 Å². The molecule has 0 bridgehead atoms. The highest BCUT2D eigenvalue weighted by Gasteiger charge is 2.18. The fourth-order valence-corrected chi connectivity index (χ4v) is 5.13. The number of hydrogen-bond acceptors (Lipinski definition) is 2. The van der Waals surface area contributed by atoms with E-state index in [1.807, 2.05) is 18.5 Å². The molecule has 0 N–H and O–H groups in total. The van der Waals surface area contributed by atoms with E-state index in [-0.39, 0.29) is 0 Å². The summed E-state index contributed by atoms with van der Waals surface area (Å²) in [6.07, 6.45) is 3.86. The second-order valence-electron chi connectivity index (χ2n) is 8.67. The summed E-state index contributed by atoms with van der Waals surface area (Å²) < 4.78 is 0. The van der Waals surface area contributed by atoms with Crippen molar-refractivity contribution in [1.82, 2.24) is 9.97 Å². The average Bonchev–Trinajstić information content (AvgIpc) is 2.91. The maximum Gasteiger partial charge on any atom is 0.0793 e. The molecule has 2 aromatic heterocycles.